The minimum atomic E-state index is -0.288. The van der Waals surface area contributed by atoms with Gasteiger partial charge in [0.15, 0.2) is 23.8 Å². The van der Waals surface area contributed by atoms with Gasteiger partial charge in [-0.3, -0.25) is 9.59 Å². The van der Waals surface area contributed by atoms with Crippen LogP contribution < -0.4 is 20.1 Å². The molecule has 2 aromatic rings. The molecular weight excluding hydrogens is 363 g/mol. The molecule has 1 amide bonds. The molecule has 6 nitrogen and oxygen atoms in total. The Kier molecular flexibility index (Phi) is 5.94. The van der Waals surface area contributed by atoms with Gasteiger partial charge in [-0.15, -0.1) is 0 Å². The highest BCUT2D eigenvalue weighted by Gasteiger charge is 2.23. The molecule has 7 heteroatoms. The maximum Gasteiger partial charge on any atom is 0.279 e. The second-order valence-electron chi connectivity index (χ2n) is 7.12. The van der Waals surface area contributed by atoms with Crippen molar-refractivity contribution in [2.75, 3.05) is 18.7 Å². The van der Waals surface area contributed by atoms with Crippen LogP contribution in [-0.4, -0.2) is 25.0 Å². The lowest BCUT2D eigenvalue weighted by molar-refractivity contribution is -0.692. The van der Waals surface area contributed by atoms with Crippen molar-refractivity contribution in [2.45, 2.75) is 26.8 Å². The zero-order valence-corrected chi connectivity index (χ0v) is 16.1. The number of rotatable bonds is 7. The number of halogens is 1. The molecule has 0 saturated carbocycles. The lowest BCUT2D eigenvalue weighted by Gasteiger charge is -2.19. The predicted molar refractivity (Wildman–Crippen MR) is 102 cm³/mol. The standard InChI is InChI=1S/C21H23FN2O4/c1-12(2)21(14-4-6-15(22)7-5-14)23-10-20(26)24-17-9-19-18(27-11-28-19)8-16(17)13(3)25/h4-9,12,21,23H,10-11H2,1-3H3,(H,24,26)/p+1/t21-/m1/s1. The average molecular weight is 387 g/mol. The van der Waals surface area contributed by atoms with Gasteiger partial charge in [-0.25, -0.2) is 4.39 Å². The number of ether oxygens (including phenoxy) is 2. The SMILES string of the molecule is CC(=O)c1cc2c(cc1NC(=O)C[NH2+][C@@H](c1ccc(F)cc1)C(C)C)OCO2. The number of carbonyl (C=O) groups is 2. The first-order chi connectivity index (χ1) is 13.3. The lowest BCUT2D eigenvalue weighted by Crippen LogP contribution is -2.88. The molecule has 3 rings (SSSR count). The van der Waals surface area contributed by atoms with Gasteiger partial charge in [0.2, 0.25) is 6.79 Å². The van der Waals surface area contributed by atoms with Gasteiger partial charge >= 0.3 is 0 Å². The monoisotopic (exact) mass is 387 g/mol. The Morgan fingerprint density at radius 3 is 2.39 bits per heavy atom. The van der Waals surface area contributed by atoms with Crippen molar-refractivity contribution in [1.82, 2.24) is 0 Å². The molecule has 148 valence electrons. The minimum absolute atomic E-state index is 0.00961. The third kappa shape index (κ3) is 4.48. The Balaban J connectivity index is 1.70. The fourth-order valence-electron chi connectivity index (χ4n) is 3.25. The second kappa shape index (κ2) is 8.39. The summed E-state index contributed by atoms with van der Waals surface area (Å²) in [5.74, 6) is 0.528. The van der Waals surface area contributed by atoms with Crippen LogP contribution in [0.2, 0.25) is 0 Å². The van der Waals surface area contributed by atoms with Crippen LogP contribution in [0.15, 0.2) is 36.4 Å². The van der Waals surface area contributed by atoms with Gasteiger partial charge in [-0.2, -0.15) is 0 Å². The maximum absolute atomic E-state index is 13.2. The number of fused-ring (bicyclic) bond motifs is 1. The van der Waals surface area contributed by atoms with E-state index in [0.29, 0.717) is 22.7 Å². The molecule has 1 aliphatic rings. The molecule has 0 saturated heterocycles. The number of nitrogens with two attached hydrogens (primary N) is 1. The predicted octanol–water partition coefficient (Wildman–Crippen LogP) is 2.66. The maximum atomic E-state index is 13.2. The van der Waals surface area contributed by atoms with Gasteiger partial charge < -0.3 is 20.1 Å². The number of amides is 1. The summed E-state index contributed by atoms with van der Waals surface area (Å²) in [6.45, 7) is 5.78. The van der Waals surface area contributed by atoms with Crippen molar-refractivity contribution < 1.29 is 28.8 Å². The third-order valence-corrected chi connectivity index (χ3v) is 4.70. The van der Waals surface area contributed by atoms with Crippen LogP contribution in [0.4, 0.5) is 10.1 Å². The summed E-state index contributed by atoms with van der Waals surface area (Å²) in [6, 6.07) is 9.51. The summed E-state index contributed by atoms with van der Waals surface area (Å²) in [4.78, 5) is 24.4. The summed E-state index contributed by atoms with van der Waals surface area (Å²) >= 11 is 0. The highest BCUT2D eigenvalue weighted by molar-refractivity contribution is 6.04. The zero-order valence-electron chi connectivity index (χ0n) is 16.1. The number of Topliss-reactive ketones (excluding diaryl/α,β-unsaturated/α-hetero) is 1. The van der Waals surface area contributed by atoms with Crippen molar-refractivity contribution in [3.05, 3.63) is 53.3 Å². The lowest BCUT2D eigenvalue weighted by atomic mass is 9.96. The number of nitrogens with one attached hydrogen (secondary N) is 1. The van der Waals surface area contributed by atoms with E-state index in [1.54, 1.807) is 24.3 Å². The van der Waals surface area contributed by atoms with Gasteiger partial charge in [0, 0.05) is 23.1 Å². The molecule has 1 aliphatic heterocycles. The summed E-state index contributed by atoms with van der Waals surface area (Å²) in [7, 11) is 0. The molecule has 0 bridgehead atoms. The molecule has 0 fully saturated rings. The fraction of sp³-hybridized carbons (Fsp3) is 0.333. The molecule has 0 spiro atoms. The molecular formula is C21H24FN2O4+. The van der Waals surface area contributed by atoms with E-state index < -0.39 is 0 Å². The quantitative estimate of drug-likeness (QED) is 0.716. The van der Waals surface area contributed by atoms with Crippen molar-refractivity contribution >= 4 is 17.4 Å². The first-order valence-electron chi connectivity index (χ1n) is 9.18. The fourth-order valence-corrected chi connectivity index (χ4v) is 3.25. The Labute approximate surface area is 163 Å². The van der Waals surface area contributed by atoms with Gasteiger partial charge in [-0.05, 0) is 25.1 Å². The van der Waals surface area contributed by atoms with Crippen LogP contribution >= 0.6 is 0 Å². The normalized spacial score (nSPS) is 13.5. The van der Waals surface area contributed by atoms with E-state index in [0.717, 1.165) is 5.56 Å². The largest absolute Gasteiger partial charge is 0.454 e. The summed E-state index contributed by atoms with van der Waals surface area (Å²) < 4.78 is 23.8. The van der Waals surface area contributed by atoms with Crippen LogP contribution in [0.25, 0.3) is 0 Å². The summed E-state index contributed by atoms with van der Waals surface area (Å²) in [6.07, 6.45) is 0. The molecule has 2 aromatic carbocycles. The van der Waals surface area contributed by atoms with Crippen LogP contribution in [0, 0.1) is 11.7 Å². The van der Waals surface area contributed by atoms with Crippen LogP contribution in [0.1, 0.15) is 42.7 Å². The molecule has 3 N–H and O–H groups in total. The Morgan fingerprint density at radius 2 is 1.79 bits per heavy atom. The van der Waals surface area contributed by atoms with E-state index in [1.807, 2.05) is 19.2 Å². The number of quaternary nitrogens is 1. The number of carbonyl (C=O) groups excluding carboxylic acids is 2. The number of ketones is 1. The molecule has 28 heavy (non-hydrogen) atoms. The third-order valence-electron chi connectivity index (χ3n) is 4.70. The van der Waals surface area contributed by atoms with Crippen molar-refractivity contribution in [3.8, 4) is 11.5 Å². The number of benzene rings is 2. The smallest absolute Gasteiger partial charge is 0.279 e. The topological polar surface area (TPSA) is 81.2 Å². The highest BCUT2D eigenvalue weighted by Crippen LogP contribution is 2.37. The number of hydrogen-bond acceptors (Lipinski definition) is 4. The van der Waals surface area contributed by atoms with Gasteiger partial charge in [0.05, 0.1) is 5.69 Å². The van der Waals surface area contributed by atoms with Gasteiger partial charge in [0.1, 0.15) is 11.9 Å². The van der Waals surface area contributed by atoms with E-state index >= 15 is 0 Å². The van der Waals surface area contributed by atoms with E-state index in [4.69, 9.17) is 9.47 Å². The number of hydrogen-bond donors (Lipinski definition) is 2. The summed E-state index contributed by atoms with van der Waals surface area (Å²) in [5, 5.41) is 4.70. The van der Waals surface area contributed by atoms with Crippen molar-refractivity contribution in [2.24, 2.45) is 5.92 Å². The van der Waals surface area contributed by atoms with E-state index in [-0.39, 0.29) is 42.8 Å². The van der Waals surface area contributed by atoms with Crippen LogP contribution in [-0.2, 0) is 4.79 Å². The first-order valence-corrected chi connectivity index (χ1v) is 9.18. The van der Waals surface area contributed by atoms with Gasteiger partial charge in [-0.1, -0.05) is 26.0 Å². The first kappa shape index (κ1) is 19.8. The summed E-state index contributed by atoms with van der Waals surface area (Å²) in [5.41, 5.74) is 1.73. The molecule has 1 heterocycles. The van der Waals surface area contributed by atoms with Gasteiger partial charge in [0.25, 0.3) is 5.91 Å². The second-order valence-corrected chi connectivity index (χ2v) is 7.12. The van der Waals surface area contributed by atoms with Crippen molar-refractivity contribution in [3.63, 3.8) is 0 Å². The molecule has 0 radical (unpaired) electrons. The highest BCUT2D eigenvalue weighted by atomic mass is 19.1. The Hall–Kier alpha value is -2.93. The molecule has 0 aliphatic carbocycles. The zero-order chi connectivity index (χ0) is 20.3. The van der Waals surface area contributed by atoms with Crippen LogP contribution in [0.3, 0.4) is 0 Å². The average Bonchev–Trinajstić information content (AvgIpc) is 3.09. The minimum Gasteiger partial charge on any atom is -0.454 e. The van der Waals surface area contributed by atoms with E-state index in [9.17, 15) is 14.0 Å². The van der Waals surface area contributed by atoms with E-state index in [2.05, 4.69) is 5.32 Å². The van der Waals surface area contributed by atoms with Crippen molar-refractivity contribution in [1.29, 1.82) is 0 Å². The van der Waals surface area contributed by atoms with E-state index in [1.165, 1.54) is 19.1 Å². The van der Waals surface area contributed by atoms with Crippen LogP contribution in [0.5, 0.6) is 11.5 Å². The molecule has 1 atom stereocenters. The Morgan fingerprint density at radius 1 is 1.14 bits per heavy atom. The molecule has 0 aromatic heterocycles. The number of anilines is 1. The molecule has 0 unspecified atom stereocenters. The Bertz CT molecular complexity index is 881.